The fourth-order valence-electron chi connectivity index (χ4n) is 1.63. The average molecular weight is 197 g/mol. The molecule has 1 rings (SSSR count). The van der Waals surface area contributed by atoms with Crippen LogP contribution in [-0.4, -0.2) is 42.5 Å². The average Bonchev–Trinajstić information content (AvgIpc) is 2.16. The zero-order valence-electron chi connectivity index (χ0n) is 8.92. The summed E-state index contributed by atoms with van der Waals surface area (Å²) in [7, 11) is 0. The lowest BCUT2D eigenvalue weighted by Crippen LogP contribution is -2.52. The zero-order chi connectivity index (χ0) is 10.6. The van der Waals surface area contributed by atoms with Crippen LogP contribution in [0.25, 0.3) is 0 Å². The van der Waals surface area contributed by atoms with E-state index >= 15 is 0 Å². The molecule has 1 amide bonds. The number of nitrogens with zero attached hydrogens (tertiary/aromatic N) is 1. The molecule has 4 heteroatoms. The lowest BCUT2D eigenvalue weighted by Gasteiger charge is -2.39. The van der Waals surface area contributed by atoms with Crippen LogP contribution in [0.1, 0.15) is 13.8 Å². The van der Waals surface area contributed by atoms with Gasteiger partial charge in [-0.3, -0.25) is 9.69 Å². The van der Waals surface area contributed by atoms with Crippen LogP contribution in [0.5, 0.6) is 0 Å². The van der Waals surface area contributed by atoms with E-state index in [1.807, 2.05) is 6.08 Å². The van der Waals surface area contributed by atoms with E-state index < -0.39 is 0 Å². The molecule has 1 heterocycles. The number of nitrogens with two attached hydrogens (primary N) is 1. The van der Waals surface area contributed by atoms with Gasteiger partial charge in [-0.15, -0.1) is 0 Å². The number of carbonyl (C=O) groups is 1. The molecule has 0 spiro atoms. The molecule has 0 atom stereocenters. The fraction of sp³-hybridized carbons (Fsp3) is 0.700. The Morgan fingerprint density at radius 3 is 2.50 bits per heavy atom. The Morgan fingerprint density at radius 2 is 2.00 bits per heavy atom. The maximum atomic E-state index is 10.6. The van der Waals surface area contributed by atoms with Crippen molar-refractivity contribution in [1.29, 1.82) is 0 Å². The van der Waals surface area contributed by atoms with E-state index in [0.29, 0.717) is 0 Å². The van der Waals surface area contributed by atoms with E-state index in [1.54, 1.807) is 0 Å². The summed E-state index contributed by atoms with van der Waals surface area (Å²) in [4.78, 5) is 13.0. The van der Waals surface area contributed by atoms with Crippen molar-refractivity contribution in [2.24, 2.45) is 5.73 Å². The first kappa shape index (κ1) is 11.2. The van der Waals surface area contributed by atoms with Crippen molar-refractivity contribution in [1.82, 2.24) is 10.2 Å². The highest BCUT2D eigenvalue weighted by Gasteiger charge is 2.24. The molecule has 0 saturated carbocycles. The van der Waals surface area contributed by atoms with Crippen molar-refractivity contribution in [3.8, 4) is 0 Å². The fourth-order valence-corrected chi connectivity index (χ4v) is 1.63. The molecule has 4 nitrogen and oxygen atoms in total. The van der Waals surface area contributed by atoms with Gasteiger partial charge in [0.15, 0.2) is 0 Å². The van der Waals surface area contributed by atoms with Gasteiger partial charge in [-0.25, -0.2) is 0 Å². The Bertz CT molecular complexity index is 230. The Hall–Kier alpha value is -0.870. The summed E-state index contributed by atoms with van der Waals surface area (Å²) in [6.45, 7) is 8.23. The summed E-state index contributed by atoms with van der Waals surface area (Å²) >= 11 is 0. The minimum atomic E-state index is -0.381. The van der Waals surface area contributed by atoms with Crippen LogP contribution >= 0.6 is 0 Å². The van der Waals surface area contributed by atoms with E-state index in [9.17, 15) is 4.79 Å². The van der Waals surface area contributed by atoms with Crippen LogP contribution in [0.15, 0.2) is 12.2 Å². The Morgan fingerprint density at radius 1 is 1.43 bits per heavy atom. The first-order valence-corrected chi connectivity index (χ1v) is 4.97. The van der Waals surface area contributed by atoms with Gasteiger partial charge in [0.05, 0.1) is 0 Å². The monoisotopic (exact) mass is 197 g/mol. The SMILES string of the molecule is CC(C)(C=CC(N)=O)N1CCNCC1. The number of hydrogen-bond acceptors (Lipinski definition) is 3. The van der Waals surface area contributed by atoms with Crippen molar-refractivity contribution < 1.29 is 4.79 Å². The number of carbonyl (C=O) groups excluding carboxylic acids is 1. The van der Waals surface area contributed by atoms with Gasteiger partial charge < -0.3 is 11.1 Å². The second-order valence-corrected chi connectivity index (χ2v) is 4.13. The molecule has 1 aliphatic heterocycles. The highest BCUT2D eigenvalue weighted by molar-refractivity contribution is 5.85. The van der Waals surface area contributed by atoms with Crippen molar-refractivity contribution in [3.05, 3.63) is 12.2 Å². The second kappa shape index (κ2) is 4.57. The van der Waals surface area contributed by atoms with Crippen LogP contribution in [0.2, 0.25) is 0 Å². The molecule has 0 bridgehead atoms. The maximum Gasteiger partial charge on any atom is 0.241 e. The summed E-state index contributed by atoms with van der Waals surface area (Å²) in [6, 6.07) is 0. The van der Waals surface area contributed by atoms with Gasteiger partial charge in [-0.05, 0) is 13.8 Å². The topological polar surface area (TPSA) is 58.4 Å². The smallest absolute Gasteiger partial charge is 0.241 e. The number of nitrogens with one attached hydrogen (secondary N) is 1. The first-order valence-electron chi connectivity index (χ1n) is 4.97. The standard InChI is InChI=1S/C10H19N3O/c1-10(2,4-3-9(11)14)13-7-5-12-6-8-13/h3-4,12H,5-8H2,1-2H3,(H2,11,14). The molecule has 0 aliphatic carbocycles. The lowest BCUT2D eigenvalue weighted by atomic mass is 10.0. The van der Waals surface area contributed by atoms with Crippen LogP contribution in [0.4, 0.5) is 0 Å². The van der Waals surface area contributed by atoms with Gasteiger partial charge in [0, 0.05) is 37.8 Å². The largest absolute Gasteiger partial charge is 0.366 e. The minimum absolute atomic E-state index is 0.0862. The minimum Gasteiger partial charge on any atom is -0.366 e. The third-order valence-corrected chi connectivity index (χ3v) is 2.59. The molecule has 0 aromatic rings. The van der Waals surface area contributed by atoms with Gasteiger partial charge in [0.1, 0.15) is 0 Å². The van der Waals surface area contributed by atoms with Gasteiger partial charge in [-0.2, -0.15) is 0 Å². The molecule has 1 fully saturated rings. The van der Waals surface area contributed by atoms with Crippen LogP contribution in [-0.2, 0) is 4.79 Å². The third-order valence-electron chi connectivity index (χ3n) is 2.59. The number of rotatable bonds is 3. The normalized spacial score (nSPS) is 20.1. The van der Waals surface area contributed by atoms with Crippen LogP contribution in [0.3, 0.4) is 0 Å². The molecule has 0 aromatic heterocycles. The van der Waals surface area contributed by atoms with E-state index in [2.05, 4.69) is 24.1 Å². The second-order valence-electron chi connectivity index (χ2n) is 4.13. The quantitative estimate of drug-likeness (QED) is 0.611. The highest BCUT2D eigenvalue weighted by Crippen LogP contribution is 2.16. The number of amides is 1. The van der Waals surface area contributed by atoms with Crippen molar-refractivity contribution in [3.63, 3.8) is 0 Å². The molecule has 0 radical (unpaired) electrons. The van der Waals surface area contributed by atoms with E-state index in [-0.39, 0.29) is 11.4 Å². The summed E-state index contributed by atoms with van der Waals surface area (Å²) in [5.74, 6) is -0.381. The first-order chi connectivity index (χ1) is 6.52. The van der Waals surface area contributed by atoms with E-state index in [1.165, 1.54) is 6.08 Å². The maximum absolute atomic E-state index is 10.6. The Balaban J connectivity index is 2.57. The summed E-state index contributed by atoms with van der Waals surface area (Å²) < 4.78 is 0. The molecule has 80 valence electrons. The summed E-state index contributed by atoms with van der Waals surface area (Å²) in [5.41, 5.74) is 4.99. The number of primary amides is 1. The van der Waals surface area contributed by atoms with Gasteiger partial charge >= 0.3 is 0 Å². The summed E-state index contributed by atoms with van der Waals surface area (Å²) in [5, 5.41) is 3.29. The molecular formula is C10H19N3O. The zero-order valence-corrected chi connectivity index (χ0v) is 8.92. The number of piperazine rings is 1. The van der Waals surface area contributed by atoms with Gasteiger partial charge in [-0.1, -0.05) is 6.08 Å². The Kier molecular flexibility index (Phi) is 3.66. The van der Waals surface area contributed by atoms with E-state index in [0.717, 1.165) is 26.2 Å². The van der Waals surface area contributed by atoms with Gasteiger partial charge in [0.2, 0.25) is 5.91 Å². The van der Waals surface area contributed by atoms with Crippen molar-refractivity contribution in [2.75, 3.05) is 26.2 Å². The molecule has 14 heavy (non-hydrogen) atoms. The number of hydrogen-bond donors (Lipinski definition) is 2. The predicted octanol–water partition coefficient (Wildman–Crippen LogP) is -0.288. The molecule has 1 aliphatic rings. The molecule has 3 N–H and O–H groups in total. The molecular weight excluding hydrogens is 178 g/mol. The highest BCUT2D eigenvalue weighted by atomic mass is 16.1. The Labute approximate surface area is 85.1 Å². The van der Waals surface area contributed by atoms with Gasteiger partial charge in [0.25, 0.3) is 0 Å². The summed E-state index contributed by atoms with van der Waals surface area (Å²) in [6.07, 6.45) is 3.32. The lowest BCUT2D eigenvalue weighted by molar-refractivity contribution is -0.113. The third kappa shape index (κ3) is 3.12. The molecule has 0 unspecified atom stereocenters. The van der Waals surface area contributed by atoms with E-state index in [4.69, 9.17) is 5.73 Å². The van der Waals surface area contributed by atoms with Crippen molar-refractivity contribution in [2.45, 2.75) is 19.4 Å². The predicted molar refractivity (Wildman–Crippen MR) is 56.9 cm³/mol. The van der Waals surface area contributed by atoms with Crippen LogP contribution < -0.4 is 11.1 Å². The van der Waals surface area contributed by atoms with Crippen LogP contribution in [0, 0.1) is 0 Å². The molecule has 0 aromatic carbocycles. The van der Waals surface area contributed by atoms with Crippen molar-refractivity contribution >= 4 is 5.91 Å². The molecule has 1 saturated heterocycles.